The zero-order valence-electron chi connectivity index (χ0n) is 14.8. The zero-order valence-corrected chi connectivity index (χ0v) is 14.8. The molecule has 0 fully saturated rings. The van der Waals surface area contributed by atoms with Crippen LogP contribution in [0.25, 0.3) is 0 Å². The van der Waals surface area contributed by atoms with E-state index in [0.29, 0.717) is 16.7 Å². The van der Waals surface area contributed by atoms with Crippen LogP contribution in [0.5, 0.6) is 0 Å². The third kappa shape index (κ3) is 3.35. The molecule has 0 saturated carbocycles. The van der Waals surface area contributed by atoms with Gasteiger partial charge < -0.3 is 10.0 Å². The Labute approximate surface area is 155 Å². The molecule has 0 bridgehead atoms. The lowest BCUT2D eigenvalue weighted by Gasteiger charge is -2.37. The van der Waals surface area contributed by atoms with Crippen molar-refractivity contribution in [2.75, 3.05) is 6.54 Å². The number of nitrogens with zero attached hydrogens (tertiary/aromatic N) is 1. The first kappa shape index (κ1) is 18.8. The minimum absolute atomic E-state index is 0.0784. The Hall–Kier alpha value is -3.02. The van der Waals surface area contributed by atoms with Crippen molar-refractivity contribution in [2.45, 2.75) is 25.3 Å². The zero-order chi connectivity index (χ0) is 19.6. The molecule has 3 rings (SSSR count). The van der Waals surface area contributed by atoms with Crippen LogP contribution in [0.15, 0.2) is 54.6 Å². The van der Waals surface area contributed by atoms with Gasteiger partial charge in [0, 0.05) is 24.9 Å². The first-order chi connectivity index (χ1) is 12.9. The minimum atomic E-state index is -1.60. The molecule has 2 aromatic rings. The van der Waals surface area contributed by atoms with Gasteiger partial charge in [0.1, 0.15) is 5.54 Å². The number of carbonyl (C=O) groups is 2. The highest BCUT2D eigenvalue weighted by Gasteiger charge is 2.51. The summed E-state index contributed by atoms with van der Waals surface area (Å²) in [5, 5.41) is 10.0. The van der Waals surface area contributed by atoms with Crippen LogP contribution < -0.4 is 0 Å². The van der Waals surface area contributed by atoms with Gasteiger partial charge in [-0.15, -0.1) is 0 Å². The molecule has 1 amide bonds. The van der Waals surface area contributed by atoms with Crippen LogP contribution in [0.2, 0.25) is 0 Å². The van der Waals surface area contributed by atoms with Crippen LogP contribution in [-0.2, 0) is 17.6 Å². The SMILES string of the molecule is CC=CCN(C(=O)c1ccccc1)C1(C(=O)O)Cc2cc(F)c(F)cc2C1. The molecular formula is C21H19F2NO3. The Kier molecular flexibility index (Phi) is 5.08. The molecule has 1 aliphatic rings. The Morgan fingerprint density at radius 2 is 1.67 bits per heavy atom. The first-order valence-corrected chi connectivity index (χ1v) is 8.57. The highest BCUT2D eigenvalue weighted by atomic mass is 19.2. The number of carboxylic acids is 1. The Morgan fingerprint density at radius 1 is 1.11 bits per heavy atom. The highest BCUT2D eigenvalue weighted by Crippen LogP contribution is 2.37. The largest absolute Gasteiger partial charge is 0.479 e. The Balaban J connectivity index is 2.07. The maximum atomic E-state index is 13.6. The van der Waals surface area contributed by atoms with Crippen LogP contribution in [0.1, 0.15) is 28.4 Å². The number of hydrogen-bond acceptors (Lipinski definition) is 2. The fraction of sp³-hybridized carbons (Fsp3) is 0.238. The maximum absolute atomic E-state index is 13.6. The average molecular weight is 371 g/mol. The predicted octanol–water partition coefficient (Wildman–Crippen LogP) is 3.61. The minimum Gasteiger partial charge on any atom is -0.479 e. The molecule has 140 valence electrons. The van der Waals surface area contributed by atoms with E-state index in [9.17, 15) is 23.5 Å². The van der Waals surface area contributed by atoms with E-state index in [-0.39, 0.29) is 19.4 Å². The number of benzene rings is 2. The summed E-state index contributed by atoms with van der Waals surface area (Å²) < 4.78 is 27.3. The number of carboxylic acid groups (broad SMARTS) is 1. The van der Waals surface area contributed by atoms with Crippen molar-refractivity contribution in [1.29, 1.82) is 0 Å². The molecule has 0 radical (unpaired) electrons. The predicted molar refractivity (Wildman–Crippen MR) is 96.4 cm³/mol. The molecule has 0 saturated heterocycles. The maximum Gasteiger partial charge on any atom is 0.330 e. The quantitative estimate of drug-likeness (QED) is 0.817. The van der Waals surface area contributed by atoms with Gasteiger partial charge in [0.15, 0.2) is 11.6 Å². The standard InChI is InChI=1S/C21H19F2NO3/c1-2-3-9-24(19(25)14-7-5-4-6-8-14)21(20(26)27)12-15-10-17(22)18(23)11-16(15)13-21/h2-8,10-11H,9,12-13H2,1H3,(H,26,27). The van der Waals surface area contributed by atoms with Crippen molar-refractivity contribution in [2.24, 2.45) is 0 Å². The van der Waals surface area contributed by atoms with Crippen molar-refractivity contribution in [1.82, 2.24) is 4.90 Å². The highest BCUT2D eigenvalue weighted by molar-refractivity contribution is 5.98. The van der Waals surface area contributed by atoms with E-state index in [1.807, 2.05) is 0 Å². The molecule has 1 N–H and O–H groups in total. The fourth-order valence-electron chi connectivity index (χ4n) is 3.51. The summed E-state index contributed by atoms with van der Waals surface area (Å²) in [7, 11) is 0. The number of amides is 1. The van der Waals surface area contributed by atoms with Crippen LogP contribution in [0.4, 0.5) is 8.78 Å². The summed E-state index contributed by atoms with van der Waals surface area (Å²) in [5.74, 6) is -3.69. The molecule has 0 heterocycles. The molecule has 0 atom stereocenters. The third-order valence-corrected chi connectivity index (χ3v) is 4.91. The lowest BCUT2D eigenvalue weighted by Crippen LogP contribution is -2.58. The molecule has 6 heteroatoms. The number of allylic oxidation sites excluding steroid dienone is 1. The number of carbonyl (C=O) groups excluding carboxylic acids is 1. The number of fused-ring (bicyclic) bond motifs is 1. The average Bonchev–Trinajstić information content (AvgIpc) is 3.02. The monoisotopic (exact) mass is 371 g/mol. The lowest BCUT2D eigenvalue weighted by molar-refractivity contribution is -0.149. The Bertz CT molecular complexity index is 878. The Morgan fingerprint density at radius 3 is 2.15 bits per heavy atom. The number of aliphatic carboxylic acids is 1. The molecule has 2 aromatic carbocycles. The van der Waals surface area contributed by atoms with Gasteiger partial charge >= 0.3 is 5.97 Å². The molecule has 4 nitrogen and oxygen atoms in total. The van der Waals surface area contributed by atoms with Crippen molar-refractivity contribution >= 4 is 11.9 Å². The van der Waals surface area contributed by atoms with Crippen molar-refractivity contribution in [3.63, 3.8) is 0 Å². The van der Waals surface area contributed by atoms with Gasteiger partial charge in [0.2, 0.25) is 0 Å². The topological polar surface area (TPSA) is 57.6 Å². The second-order valence-electron chi connectivity index (χ2n) is 6.58. The van der Waals surface area contributed by atoms with Crippen LogP contribution in [0.3, 0.4) is 0 Å². The van der Waals surface area contributed by atoms with Gasteiger partial charge in [-0.3, -0.25) is 4.79 Å². The first-order valence-electron chi connectivity index (χ1n) is 8.57. The molecule has 27 heavy (non-hydrogen) atoms. The van der Waals surface area contributed by atoms with Crippen LogP contribution >= 0.6 is 0 Å². The second-order valence-corrected chi connectivity index (χ2v) is 6.58. The van der Waals surface area contributed by atoms with Gasteiger partial charge in [-0.25, -0.2) is 13.6 Å². The van der Waals surface area contributed by atoms with E-state index in [1.54, 1.807) is 49.4 Å². The van der Waals surface area contributed by atoms with Crippen molar-refractivity contribution in [3.05, 3.63) is 82.9 Å². The summed E-state index contributed by atoms with van der Waals surface area (Å²) in [5.41, 5.74) is -0.434. The molecule has 0 spiro atoms. The lowest BCUT2D eigenvalue weighted by atomic mass is 9.92. The van der Waals surface area contributed by atoms with Gasteiger partial charge in [-0.2, -0.15) is 0 Å². The van der Waals surface area contributed by atoms with Crippen molar-refractivity contribution < 1.29 is 23.5 Å². The van der Waals surface area contributed by atoms with E-state index in [2.05, 4.69) is 0 Å². The number of rotatable bonds is 5. The molecule has 0 unspecified atom stereocenters. The summed E-state index contributed by atoms with van der Waals surface area (Å²) in [6, 6.07) is 10.4. The van der Waals surface area contributed by atoms with Gasteiger partial charge in [0.05, 0.1) is 0 Å². The van der Waals surface area contributed by atoms with E-state index >= 15 is 0 Å². The van der Waals surface area contributed by atoms with Gasteiger partial charge in [0.25, 0.3) is 5.91 Å². The summed E-state index contributed by atoms with van der Waals surface area (Å²) >= 11 is 0. The summed E-state index contributed by atoms with van der Waals surface area (Å²) in [6.45, 7) is 1.85. The normalized spacial score (nSPS) is 14.9. The number of halogens is 2. The van der Waals surface area contributed by atoms with Gasteiger partial charge in [-0.1, -0.05) is 30.4 Å². The van der Waals surface area contributed by atoms with Gasteiger partial charge in [-0.05, 0) is 42.3 Å². The van der Waals surface area contributed by atoms with E-state index in [0.717, 1.165) is 12.1 Å². The van der Waals surface area contributed by atoms with E-state index in [4.69, 9.17) is 0 Å². The van der Waals surface area contributed by atoms with Crippen molar-refractivity contribution in [3.8, 4) is 0 Å². The third-order valence-electron chi connectivity index (χ3n) is 4.91. The molecule has 1 aliphatic carbocycles. The smallest absolute Gasteiger partial charge is 0.330 e. The summed E-state index contributed by atoms with van der Waals surface area (Å²) in [6.07, 6.45) is 3.26. The fourth-order valence-corrected chi connectivity index (χ4v) is 3.51. The van der Waals surface area contributed by atoms with E-state index in [1.165, 1.54) is 4.90 Å². The number of hydrogen-bond donors (Lipinski definition) is 1. The van der Waals surface area contributed by atoms with E-state index < -0.39 is 29.0 Å². The second kappa shape index (κ2) is 7.31. The van der Waals surface area contributed by atoms with Crippen LogP contribution in [0, 0.1) is 11.6 Å². The molecular weight excluding hydrogens is 352 g/mol. The summed E-state index contributed by atoms with van der Waals surface area (Å²) in [4.78, 5) is 26.7. The molecule has 0 aromatic heterocycles. The molecule has 0 aliphatic heterocycles. The van der Waals surface area contributed by atoms with Crippen LogP contribution in [-0.4, -0.2) is 34.0 Å².